The molecule has 1 heterocycles. The number of hydrogen-bond acceptors (Lipinski definition) is 4. The number of benzene rings is 2. The predicted molar refractivity (Wildman–Crippen MR) is 96.3 cm³/mol. The molecule has 0 saturated carbocycles. The molecule has 3 rings (SSSR count). The number of hydrogen-bond donors (Lipinski definition) is 1. The van der Waals surface area contributed by atoms with Gasteiger partial charge in [-0.25, -0.2) is 0 Å². The van der Waals surface area contributed by atoms with Gasteiger partial charge >= 0.3 is 5.97 Å². The minimum atomic E-state index is -0.707. The van der Waals surface area contributed by atoms with Gasteiger partial charge in [-0.2, -0.15) is 0 Å². The first-order valence-electron chi connectivity index (χ1n) is 8.25. The first kappa shape index (κ1) is 17.5. The van der Waals surface area contributed by atoms with Crippen LogP contribution in [0, 0.1) is 0 Å². The lowest BCUT2D eigenvalue weighted by atomic mass is 9.96. The van der Waals surface area contributed by atoms with Crippen LogP contribution in [-0.2, 0) is 9.53 Å². The SMILES string of the molecule is CC(=O)O[C@@H](c1ccoc1)[C@@H](NC(=O)c1ccccc1)c1ccccc1. The highest BCUT2D eigenvalue weighted by molar-refractivity contribution is 5.94. The van der Waals surface area contributed by atoms with E-state index in [1.54, 1.807) is 30.3 Å². The Morgan fingerprint density at radius 1 is 0.923 bits per heavy atom. The molecule has 2 aromatic carbocycles. The second kappa shape index (κ2) is 8.16. The molecule has 0 saturated heterocycles. The number of amides is 1. The van der Waals surface area contributed by atoms with Crippen molar-refractivity contribution in [2.45, 2.75) is 19.1 Å². The van der Waals surface area contributed by atoms with Crippen molar-refractivity contribution in [3.05, 3.63) is 95.9 Å². The summed E-state index contributed by atoms with van der Waals surface area (Å²) in [5, 5.41) is 2.99. The maximum absolute atomic E-state index is 12.7. The van der Waals surface area contributed by atoms with Gasteiger partial charge in [0, 0.05) is 18.1 Å². The second-order valence-electron chi connectivity index (χ2n) is 5.81. The van der Waals surface area contributed by atoms with Gasteiger partial charge in [-0.1, -0.05) is 48.5 Å². The van der Waals surface area contributed by atoms with Crippen LogP contribution in [-0.4, -0.2) is 11.9 Å². The second-order valence-corrected chi connectivity index (χ2v) is 5.81. The van der Waals surface area contributed by atoms with Crippen LogP contribution >= 0.6 is 0 Å². The van der Waals surface area contributed by atoms with Crippen LogP contribution in [0.4, 0.5) is 0 Å². The summed E-state index contributed by atoms with van der Waals surface area (Å²) < 4.78 is 10.7. The van der Waals surface area contributed by atoms with E-state index in [9.17, 15) is 9.59 Å². The van der Waals surface area contributed by atoms with E-state index in [-0.39, 0.29) is 5.91 Å². The molecule has 5 nitrogen and oxygen atoms in total. The van der Waals surface area contributed by atoms with Crippen LogP contribution in [0.25, 0.3) is 0 Å². The number of esters is 1. The topological polar surface area (TPSA) is 68.5 Å². The molecule has 0 aliphatic rings. The molecule has 5 heteroatoms. The Kier molecular flexibility index (Phi) is 5.49. The van der Waals surface area contributed by atoms with Gasteiger partial charge in [0.05, 0.1) is 18.6 Å². The van der Waals surface area contributed by atoms with Crippen molar-refractivity contribution in [2.24, 2.45) is 0 Å². The lowest BCUT2D eigenvalue weighted by molar-refractivity contribution is -0.148. The van der Waals surface area contributed by atoms with Crippen LogP contribution in [0.15, 0.2) is 83.7 Å². The summed E-state index contributed by atoms with van der Waals surface area (Å²) in [6.07, 6.45) is 2.31. The van der Waals surface area contributed by atoms with E-state index in [0.29, 0.717) is 11.1 Å². The summed E-state index contributed by atoms with van der Waals surface area (Å²) in [4.78, 5) is 24.4. The largest absolute Gasteiger partial charge is 0.472 e. The quantitative estimate of drug-likeness (QED) is 0.682. The fraction of sp³-hybridized carbons (Fsp3) is 0.143. The molecule has 1 aromatic heterocycles. The molecule has 0 radical (unpaired) electrons. The third-order valence-electron chi connectivity index (χ3n) is 3.95. The lowest BCUT2D eigenvalue weighted by Gasteiger charge is -2.27. The number of nitrogens with one attached hydrogen (secondary N) is 1. The molecule has 0 unspecified atom stereocenters. The Morgan fingerprint density at radius 2 is 1.58 bits per heavy atom. The van der Waals surface area contributed by atoms with Gasteiger partial charge in [0.1, 0.15) is 0 Å². The average Bonchev–Trinajstić information content (AvgIpc) is 3.20. The number of carbonyl (C=O) groups is 2. The van der Waals surface area contributed by atoms with Gasteiger partial charge in [-0.15, -0.1) is 0 Å². The Hall–Kier alpha value is -3.34. The maximum Gasteiger partial charge on any atom is 0.303 e. The van der Waals surface area contributed by atoms with Gasteiger partial charge in [-0.05, 0) is 23.8 Å². The van der Waals surface area contributed by atoms with Crippen molar-refractivity contribution >= 4 is 11.9 Å². The first-order chi connectivity index (χ1) is 12.6. The normalized spacial score (nSPS) is 12.8. The third kappa shape index (κ3) is 4.19. The van der Waals surface area contributed by atoms with Crippen LogP contribution < -0.4 is 5.32 Å². The molecule has 26 heavy (non-hydrogen) atoms. The molecule has 0 aliphatic carbocycles. The van der Waals surface area contributed by atoms with Gasteiger partial charge in [-0.3, -0.25) is 9.59 Å². The van der Waals surface area contributed by atoms with E-state index in [1.165, 1.54) is 19.5 Å². The summed E-state index contributed by atoms with van der Waals surface area (Å²) in [6.45, 7) is 1.34. The first-order valence-corrected chi connectivity index (χ1v) is 8.25. The van der Waals surface area contributed by atoms with E-state index < -0.39 is 18.1 Å². The minimum absolute atomic E-state index is 0.250. The number of rotatable bonds is 6. The fourth-order valence-corrected chi connectivity index (χ4v) is 2.75. The summed E-state index contributed by atoms with van der Waals surface area (Å²) in [5.41, 5.74) is 2.02. The smallest absolute Gasteiger partial charge is 0.303 e. The molecule has 3 aromatic rings. The van der Waals surface area contributed by atoms with Crippen LogP contribution in [0.2, 0.25) is 0 Å². The maximum atomic E-state index is 12.7. The molecular formula is C21H19NO4. The number of furan rings is 1. The van der Waals surface area contributed by atoms with Gasteiger partial charge in [0.2, 0.25) is 0 Å². The molecular weight excluding hydrogens is 330 g/mol. The van der Waals surface area contributed by atoms with Gasteiger partial charge in [0.15, 0.2) is 6.10 Å². The fourth-order valence-electron chi connectivity index (χ4n) is 2.75. The molecule has 0 bridgehead atoms. The molecule has 0 spiro atoms. The minimum Gasteiger partial charge on any atom is -0.472 e. The zero-order chi connectivity index (χ0) is 18.4. The number of ether oxygens (including phenoxy) is 1. The Morgan fingerprint density at radius 3 is 2.15 bits per heavy atom. The van der Waals surface area contributed by atoms with Crippen molar-refractivity contribution in [3.63, 3.8) is 0 Å². The molecule has 0 aliphatic heterocycles. The Labute approximate surface area is 151 Å². The van der Waals surface area contributed by atoms with E-state index >= 15 is 0 Å². The zero-order valence-electron chi connectivity index (χ0n) is 14.3. The average molecular weight is 349 g/mol. The summed E-state index contributed by atoms with van der Waals surface area (Å²) in [6, 6.07) is 19.5. The molecule has 0 fully saturated rings. The van der Waals surface area contributed by atoms with Crippen LogP contribution in [0.5, 0.6) is 0 Å². The number of carbonyl (C=O) groups excluding carboxylic acids is 2. The summed E-state index contributed by atoms with van der Waals surface area (Å²) in [7, 11) is 0. The van der Waals surface area contributed by atoms with Crippen molar-refractivity contribution in [2.75, 3.05) is 0 Å². The van der Waals surface area contributed by atoms with E-state index in [1.807, 2.05) is 36.4 Å². The molecule has 1 N–H and O–H groups in total. The highest BCUT2D eigenvalue weighted by atomic mass is 16.5. The van der Waals surface area contributed by atoms with E-state index in [0.717, 1.165) is 5.56 Å². The van der Waals surface area contributed by atoms with Crippen LogP contribution in [0.3, 0.4) is 0 Å². The predicted octanol–water partition coefficient (Wildman–Crippen LogP) is 4.06. The van der Waals surface area contributed by atoms with Crippen LogP contribution in [0.1, 0.15) is 40.6 Å². The van der Waals surface area contributed by atoms with Crippen molar-refractivity contribution < 1.29 is 18.7 Å². The Bertz CT molecular complexity index is 844. The standard InChI is InChI=1S/C21H19NO4/c1-15(23)26-20(18-12-13-25-14-18)19(16-8-4-2-5-9-16)22-21(24)17-10-6-3-7-11-17/h2-14,19-20H,1H3,(H,22,24)/t19-,20-/m0/s1. The van der Waals surface area contributed by atoms with Crippen molar-refractivity contribution in [1.82, 2.24) is 5.32 Å². The highest BCUT2D eigenvalue weighted by Gasteiger charge is 2.30. The molecule has 2 atom stereocenters. The van der Waals surface area contributed by atoms with Gasteiger partial charge < -0.3 is 14.5 Å². The highest BCUT2D eigenvalue weighted by Crippen LogP contribution is 2.33. The van der Waals surface area contributed by atoms with E-state index in [2.05, 4.69) is 5.32 Å². The summed E-state index contributed by atoms with van der Waals surface area (Å²) in [5.74, 6) is -0.689. The van der Waals surface area contributed by atoms with Crippen molar-refractivity contribution in [3.8, 4) is 0 Å². The van der Waals surface area contributed by atoms with Crippen molar-refractivity contribution in [1.29, 1.82) is 0 Å². The monoisotopic (exact) mass is 349 g/mol. The van der Waals surface area contributed by atoms with Gasteiger partial charge in [0.25, 0.3) is 5.91 Å². The van der Waals surface area contributed by atoms with E-state index in [4.69, 9.17) is 9.15 Å². The molecule has 1 amide bonds. The molecule has 132 valence electrons. The zero-order valence-corrected chi connectivity index (χ0v) is 14.3. The third-order valence-corrected chi connectivity index (χ3v) is 3.95. The summed E-state index contributed by atoms with van der Waals surface area (Å²) >= 11 is 0. The lowest BCUT2D eigenvalue weighted by Crippen LogP contribution is -2.34. The Balaban J connectivity index is 1.96.